The van der Waals surface area contributed by atoms with Crippen LogP contribution in [0.1, 0.15) is 0 Å². The van der Waals surface area contributed by atoms with E-state index < -0.39 is 0 Å². The van der Waals surface area contributed by atoms with Gasteiger partial charge < -0.3 is 0 Å². The van der Waals surface area contributed by atoms with E-state index in [1.165, 1.54) is 11.3 Å². The second kappa shape index (κ2) is 3.49. The van der Waals surface area contributed by atoms with Crippen LogP contribution in [0.3, 0.4) is 0 Å². The van der Waals surface area contributed by atoms with Crippen LogP contribution in [0.4, 0.5) is 5.13 Å². The summed E-state index contributed by atoms with van der Waals surface area (Å²) in [6, 6.07) is 0. The van der Waals surface area contributed by atoms with E-state index in [-0.39, 0.29) is 0 Å². The van der Waals surface area contributed by atoms with Gasteiger partial charge in [0.05, 0.1) is 0 Å². The Bertz CT molecular complexity index is 202. The molecule has 0 saturated carbocycles. The minimum absolute atomic E-state index is 0.780. The van der Waals surface area contributed by atoms with Gasteiger partial charge in [-0.1, -0.05) is 0 Å². The molecule has 5 heteroatoms. The zero-order chi connectivity index (χ0) is 6.69. The average molecular weight is 268 g/mol. The van der Waals surface area contributed by atoms with Crippen LogP contribution in [0, 0.1) is 0 Å². The summed E-state index contributed by atoms with van der Waals surface area (Å²) in [5, 5.41) is 2.67. The number of hydrogen-bond donors (Lipinski definition) is 0. The topological polar surface area (TPSA) is 25.2 Å². The van der Waals surface area contributed by atoms with E-state index in [0.29, 0.717) is 0 Å². The maximum atomic E-state index is 4.03. The molecule has 1 heterocycles. The van der Waals surface area contributed by atoms with E-state index in [0.717, 1.165) is 8.64 Å². The molecule has 0 saturated heterocycles. The van der Waals surface area contributed by atoms with Gasteiger partial charge >= 0.3 is 73.6 Å². The Morgan fingerprint density at radius 3 is 2.89 bits per heavy atom. The summed E-state index contributed by atoms with van der Waals surface area (Å²) in [4.78, 5) is 7.98. The fourth-order valence-corrected chi connectivity index (χ4v) is 1.48. The van der Waals surface area contributed by atoms with Crippen molar-refractivity contribution in [2.24, 2.45) is 4.99 Å². The van der Waals surface area contributed by atoms with E-state index in [9.17, 15) is 0 Å². The summed E-state index contributed by atoms with van der Waals surface area (Å²) in [5.74, 6) is 0. The molecule has 0 N–H and O–H groups in total. The molecule has 0 spiro atoms. The van der Waals surface area contributed by atoms with Crippen molar-refractivity contribution in [3.05, 3.63) is 11.6 Å². The van der Waals surface area contributed by atoms with Gasteiger partial charge in [-0.2, -0.15) is 0 Å². The van der Waals surface area contributed by atoms with Crippen molar-refractivity contribution in [2.75, 3.05) is 0 Å². The van der Waals surface area contributed by atoms with Gasteiger partial charge in [0.1, 0.15) is 0 Å². The molecule has 2 nitrogen and oxygen atoms in total. The van der Waals surface area contributed by atoms with Gasteiger partial charge in [0, 0.05) is 0 Å². The molecule has 2 radical (unpaired) electrons. The molecular weight excluding hydrogens is 266 g/mol. The predicted molar refractivity (Wildman–Crippen MR) is 40.7 cm³/mol. The SMILES string of the molecule is [Se]C([Se])=Nc1nccs1. The van der Waals surface area contributed by atoms with Crippen molar-refractivity contribution in [1.29, 1.82) is 0 Å². The van der Waals surface area contributed by atoms with Crippen LogP contribution in [0.2, 0.25) is 0 Å². The van der Waals surface area contributed by atoms with E-state index in [1.807, 2.05) is 5.38 Å². The third-order valence-corrected chi connectivity index (χ3v) is 1.65. The molecule has 0 atom stereocenters. The summed E-state index contributed by atoms with van der Waals surface area (Å²) in [7, 11) is 0. The van der Waals surface area contributed by atoms with Crippen molar-refractivity contribution in [2.45, 2.75) is 0 Å². The molecule has 1 aromatic heterocycles. The molecule has 0 bridgehead atoms. The first-order chi connectivity index (χ1) is 4.29. The monoisotopic (exact) mass is 270 g/mol. The molecule has 0 unspecified atom stereocenters. The van der Waals surface area contributed by atoms with Gasteiger partial charge in [-0.05, 0) is 0 Å². The minimum atomic E-state index is 0.780. The van der Waals surface area contributed by atoms with Gasteiger partial charge in [0.25, 0.3) is 0 Å². The Hall–Kier alpha value is 0.339. The zero-order valence-corrected chi connectivity index (χ0v) is 8.52. The number of hydrogen-bond acceptors (Lipinski definition) is 3. The Kier molecular flexibility index (Phi) is 2.89. The van der Waals surface area contributed by atoms with Crippen LogP contribution in [-0.4, -0.2) is 40.5 Å². The number of nitrogens with zero attached hydrogens (tertiary/aromatic N) is 2. The van der Waals surface area contributed by atoms with Crippen LogP contribution in [-0.2, 0) is 0 Å². The Morgan fingerprint density at radius 2 is 2.44 bits per heavy atom. The van der Waals surface area contributed by atoms with Crippen LogP contribution < -0.4 is 0 Å². The third-order valence-electron chi connectivity index (χ3n) is 0.606. The fourth-order valence-electron chi connectivity index (χ4n) is 0.349. The van der Waals surface area contributed by atoms with E-state index in [4.69, 9.17) is 0 Å². The first kappa shape index (κ1) is 7.45. The molecular formula is C4H2N2SSe2. The standard InChI is InChI=1S/C4H2N2SSe2/c8-4(9)6-3-5-1-2-7-3/h1-2H. The first-order valence-corrected chi connectivity index (χ1v) is 4.70. The third kappa shape index (κ3) is 2.61. The van der Waals surface area contributed by atoms with Gasteiger partial charge in [-0.15, -0.1) is 0 Å². The van der Waals surface area contributed by atoms with Gasteiger partial charge in [0.2, 0.25) is 0 Å². The van der Waals surface area contributed by atoms with E-state index in [1.54, 1.807) is 6.20 Å². The molecule has 0 aromatic carbocycles. The maximum absolute atomic E-state index is 4.03. The van der Waals surface area contributed by atoms with Crippen LogP contribution in [0.15, 0.2) is 16.6 Å². The molecule has 1 rings (SSSR count). The van der Waals surface area contributed by atoms with Crippen molar-refractivity contribution >= 4 is 52.0 Å². The van der Waals surface area contributed by atoms with Crippen LogP contribution >= 0.6 is 11.3 Å². The van der Waals surface area contributed by atoms with Gasteiger partial charge in [-0.25, -0.2) is 0 Å². The second-order valence-electron chi connectivity index (χ2n) is 1.19. The van der Waals surface area contributed by atoms with Crippen molar-refractivity contribution in [1.82, 2.24) is 4.98 Å². The number of aromatic nitrogens is 1. The summed E-state index contributed by atoms with van der Waals surface area (Å²) >= 11 is 6.99. The summed E-state index contributed by atoms with van der Waals surface area (Å²) in [5.41, 5.74) is 0. The van der Waals surface area contributed by atoms with Gasteiger partial charge in [0.15, 0.2) is 0 Å². The Morgan fingerprint density at radius 1 is 1.67 bits per heavy atom. The quantitative estimate of drug-likeness (QED) is 0.537. The van der Waals surface area contributed by atoms with Crippen molar-refractivity contribution in [3.63, 3.8) is 0 Å². The molecule has 0 aliphatic carbocycles. The predicted octanol–water partition coefficient (Wildman–Crippen LogP) is 0.468. The average Bonchev–Trinajstić information content (AvgIpc) is 2.15. The van der Waals surface area contributed by atoms with E-state index in [2.05, 4.69) is 42.0 Å². The summed E-state index contributed by atoms with van der Waals surface area (Å²) in [6.07, 6.45) is 1.73. The Balaban J connectivity index is 2.80. The van der Waals surface area contributed by atoms with Crippen LogP contribution in [0.5, 0.6) is 0 Å². The second-order valence-corrected chi connectivity index (χ2v) is 5.00. The molecule has 46 valence electrons. The molecule has 1 aromatic rings. The van der Waals surface area contributed by atoms with Crippen molar-refractivity contribution in [3.8, 4) is 0 Å². The zero-order valence-electron chi connectivity index (χ0n) is 4.27. The fraction of sp³-hybridized carbons (Fsp3) is 0. The first-order valence-electron chi connectivity index (χ1n) is 2.11. The van der Waals surface area contributed by atoms with Gasteiger partial charge in [-0.3, -0.25) is 0 Å². The molecule has 0 fully saturated rings. The Labute approximate surface area is 73.4 Å². The number of thiazole rings is 1. The summed E-state index contributed by atoms with van der Waals surface area (Å²) in [6.45, 7) is 0. The summed E-state index contributed by atoms with van der Waals surface area (Å²) < 4.78 is 0.796. The molecule has 0 amide bonds. The number of rotatable bonds is 1. The van der Waals surface area contributed by atoms with Crippen LogP contribution in [0.25, 0.3) is 0 Å². The number of aliphatic imine (C=N–C) groups is 1. The molecule has 0 aliphatic heterocycles. The molecule has 0 aliphatic rings. The normalized spacial score (nSPS) is 8.89. The molecule has 9 heavy (non-hydrogen) atoms. The van der Waals surface area contributed by atoms with E-state index >= 15 is 0 Å². The van der Waals surface area contributed by atoms with Crippen molar-refractivity contribution < 1.29 is 0 Å².